The van der Waals surface area contributed by atoms with Crippen LogP contribution in [-0.4, -0.2) is 152 Å². The van der Waals surface area contributed by atoms with Crippen molar-refractivity contribution in [3.63, 3.8) is 0 Å². The van der Waals surface area contributed by atoms with E-state index in [9.17, 15) is 50.4 Å². The first kappa shape index (κ1) is 61.1. The van der Waals surface area contributed by atoms with E-state index in [1.54, 1.807) is 48.5 Å². The first-order valence-electron chi connectivity index (χ1n) is 23.5. The molecule has 2 saturated heterocycles. The highest BCUT2D eigenvalue weighted by molar-refractivity contribution is 5.91. The lowest BCUT2D eigenvalue weighted by atomic mass is 9.97. The van der Waals surface area contributed by atoms with Crippen molar-refractivity contribution in [3.05, 3.63) is 118 Å². The van der Waals surface area contributed by atoms with Crippen molar-refractivity contribution in [3.8, 4) is 11.5 Å². The Kier molecular flexibility index (Phi) is 27.9. The molecule has 0 bridgehead atoms. The van der Waals surface area contributed by atoms with Crippen molar-refractivity contribution in [2.75, 3.05) is 38.1 Å². The molecule has 0 spiro atoms. The molecule has 12 N–H and O–H groups in total. The summed E-state index contributed by atoms with van der Waals surface area (Å²) in [5.41, 5.74) is 7.57. The third kappa shape index (κ3) is 18.0. The quantitative estimate of drug-likeness (QED) is 0.0724. The fraction of sp³-hybridized carbons (Fsp3) is 0.500. The van der Waals surface area contributed by atoms with Gasteiger partial charge in [0.2, 0.25) is 24.4 Å². The standard InChI is InChI=1S/C46H56N2O14.2C2H6.2CH4O/c1-25-21-31(47-37(51)19-7-27-3-15-33(16-4-27)59-45-43(57)41(55)39(53)35(23-49)61-45)13-11-29(25)9-10-30-12-14-32(22-26(30)2)48-38(52)20-8-28-5-17-34(18-6-28)60-46-44(58)42(56)40(54)36(24-50)62-46;4*1-2/h3-6,11-18,21-22,35-36,39-46,49-50,53-58H,7-10,19-20,23-24H2,1-2H3,(H,47,51)(H,48,52);2*1-2H3;2*2H,1H3. The third-order valence-electron chi connectivity index (χ3n) is 11.2. The molecule has 10 atom stereocenters. The molecule has 0 aromatic heterocycles. The lowest BCUT2D eigenvalue weighted by Gasteiger charge is -2.39. The van der Waals surface area contributed by atoms with Crippen LogP contribution in [0.25, 0.3) is 0 Å². The van der Waals surface area contributed by atoms with Gasteiger partial charge in [0.05, 0.1) is 13.2 Å². The molecule has 2 fully saturated rings. The zero-order chi connectivity index (χ0) is 52.5. The molecule has 18 nitrogen and oxygen atoms in total. The van der Waals surface area contributed by atoms with Crippen LogP contribution in [0, 0.1) is 13.8 Å². The van der Waals surface area contributed by atoms with Gasteiger partial charge in [0, 0.05) is 38.4 Å². The predicted molar refractivity (Wildman–Crippen MR) is 264 cm³/mol. The van der Waals surface area contributed by atoms with Gasteiger partial charge in [-0.25, -0.2) is 0 Å². The monoisotopic (exact) mass is 985 g/mol. The van der Waals surface area contributed by atoms with E-state index in [0.717, 1.165) is 60.4 Å². The molecule has 390 valence electrons. The molecule has 0 saturated carbocycles. The molecule has 4 aromatic rings. The first-order valence-corrected chi connectivity index (χ1v) is 23.5. The van der Waals surface area contributed by atoms with Crippen molar-refractivity contribution < 1.29 is 79.6 Å². The minimum absolute atomic E-state index is 0.140. The summed E-state index contributed by atoms with van der Waals surface area (Å²) in [5, 5.41) is 99.1. The van der Waals surface area contributed by atoms with Crippen molar-refractivity contribution >= 4 is 23.2 Å². The van der Waals surface area contributed by atoms with E-state index in [-0.39, 0.29) is 24.7 Å². The van der Waals surface area contributed by atoms with Gasteiger partial charge in [-0.05, 0) is 121 Å². The van der Waals surface area contributed by atoms with Crippen molar-refractivity contribution in [1.82, 2.24) is 0 Å². The van der Waals surface area contributed by atoms with Gasteiger partial charge in [0.15, 0.2) is 0 Å². The van der Waals surface area contributed by atoms with Gasteiger partial charge >= 0.3 is 0 Å². The van der Waals surface area contributed by atoms with Crippen LogP contribution in [0.15, 0.2) is 84.9 Å². The Morgan fingerprint density at radius 2 is 0.814 bits per heavy atom. The third-order valence-corrected chi connectivity index (χ3v) is 11.2. The molecule has 2 aliphatic rings. The Bertz CT molecular complexity index is 1950. The number of aliphatic hydroxyl groups is 10. The second kappa shape index (κ2) is 32.0. The van der Waals surface area contributed by atoms with Crippen LogP contribution in [0.5, 0.6) is 11.5 Å². The number of benzene rings is 4. The minimum atomic E-state index is -1.54. The van der Waals surface area contributed by atoms with E-state index in [2.05, 4.69) is 10.6 Å². The van der Waals surface area contributed by atoms with Gasteiger partial charge < -0.3 is 80.6 Å². The van der Waals surface area contributed by atoms with Gasteiger partial charge in [0.1, 0.15) is 60.3 Å². The molecule has 2 amide bonds. The number of aryl methyl sites for hydroxylation is 6. The maximum absolute atomic E-state index is 12.8. The van der Waals surface area contributed by atoms with Crippen LogP contribution in [-0.2, 0) is 44.7 Å². The fourth-order valence-corrected chi connectivity index (χ4v) is 7.41. The van der Waals surface area contributed by atoms with Crippen LogP contribution in [0.4, 0.5) is 11.4 Å². The number of rotatable bonds is 17. The Morgan fingerprint density at radius 1 is 0.486 bits per heavy atom. The van der Waals surface area contributed by atoms with Crippen molar-refractivity contribution in [2.24, 2.45) is 0 Å². The van der Waals surface area contributed by atoms with E-state index < -0.39 is 74.6 Å². The zero-order valence-corrected chi connectivity index (χ0v) is 41.4. The van der Waals surface area contributed by atoms with Crippen LogP contribution in [0.1, 0.15) is 73.9 Å². The highest BCUT2D eigenvalue weighted by atomic mass is 16.7. The average Bonchev–Trinajstić information content (AvgIpc) is 3.38. The van der Waals surface area contributed by atoms with Crippen LogP contribution in [0.3, 0.4) is 0 Å². The van der Waals surface area contributed by atoms with Gasteiger partial charge in [0.25, 0.3) is 0 Å². The number of ether oxygens (including phenoxy) is 4. The number of anilines is 2. The zero-order valence-electron chi connectivity index (χ0n) is 41.4. The summed E-state index contributed by atoms with van der Waals surface area (Å²) >= 11 is 0. The highest BCUT2D eigenvalue weighted by Gasteiger charge is 2.45. The van der Waals surface area contributed by atoms with Crippen LogP contribution in [0.2, 0.25) is 0 Å². The second-order valence-corrected chi connectivity index (χ2v) is 15.8. The summed E-state index contributed by atoms with van der Waals surface area (Å²) in [7, 11) is 2.00. The number of nitrogens with one attached hydrogen (secondary N) is 2. The van der Waals surface area contributed by atoms with E-state index >= 15 is 0 Å². The molecule has 6 rings (SSSR count). The van der Waals surface area contributed by atoms with E-state index in [0.29, 0.717) is 35.7 Å². The number of hydrogen-bond donors (Lipinski definition) is 12. The van der Waals surface area contributed by atoms with Crippen LogP contribution >= 0.6 is 0 Å². The Hall–Kier alpha value is -5.06. The summed E-state index contributed by atoms with van der Waals surface area (Å²) in [6.45, 7) is 10.9. The Morgan fingerprint density at radius 3 is 1.11 bits per heavy atom. The molecule has 70 heavy (non-hydrogen) atoms. The maximum atomic E-state index is 12.8. The number of aliphatic hydroxyl groups excluding tert-OH is 10. The van der Waals surface area contributed by atoms with Gasteiger partial charge in [-0.3, -0.25) is 9.59 Å². The van der Waals surface area contributed by atoms with Crippen molar-refractivity contribution in [2.45, 2.75) is 141 Å². The van der Waals surface area contributed by atoms with E-state index in [1.807, 2.05) is 77.9 Å². The minimum Gasteiger partial charge on any atom is -0.462 e. The first-order chi connectivity index (χ1) is 33.7. The predicted octanol–water partition coefficient (Wildman–Crippen LogP) is 2.86. The summed E-state index contributed by atoms with van der Waals surface area (Å²) in [6.07, 6.45) is -10.8. The summed E-state index contributed by atoms with van der Waals surface area (Å²) in [5.74, 6) is 0.409. The van der Waals surface area contributed by atoms with Crippen molar-refractivity contribution in [1.29, 1.82) is 0 Å². The summed E-state index contributed by atoms with van der Waals surface area (Å²) in [6, 6.07) is 25.4. The average molecular weight is 985 g/mol. The maximum Gasteiger partial charge on any atom is 0.229 e. The topological polar surface area (TPSA) is 297 Å². The summed E-state index contributed by atoms with van der Waals surface area (Å²) < 4.78 is 22.1. The second-order valence-electron chi connectivity index (χ2n) is 15.8. The molecule has 18 heteroatoms. The molecule has 10 unspecified atom stereocenters. The number of amides is 2. The molecule has 0 aliphatic carbocycles. The smallest absolute Gasteiger partial charge is 0.229 e. The lowest BCUT2D eigenvalue weighted by molar-refractivity contribution is -0.277. The number of carbonyl (C=O) groups is 2. The molecule has 2 aliphatic heterocycles. The Labute approximate surface area is 411 Å². The number of carbonyl (C=O) groups excluding carboxylic acids is 2. The molecular formula is C52H76N2O16. The molecular weight excluding hydrogens is 909 g/mol. The molecule has 2 heterocycles. The fourth-order valence-electron chi connectivity index (χ4n) is 7.41. The van der Waals surface area contributed by atoms with Crippen LogP contribution < -0.4 is 20.1 Å². The number of hydrogen-bond acceptors (Lipinski definition) is 16. The molecule has 4 aromatic carbocycles. The van der Waals surface area contributed by atoms with Gasteiger partial charge in [-0.1, -0.05) is 64.1 Å². The van der Waals surface area contributed by atoms with Gasteiger partial charge in [-0.2, -0.15) is 0 Å². The largest absolute Gasteiger partial charge is 0.462 e. The highest BCUT2D eigenvalue weighted by Crippen LogP contribution is 2.27. The summed E-state index contributed by atoms with van der Waals surface area (Å²) in [4.78, 5) is 25.6. The Balaban J connectivity index is 0.00000200. The van der Waals surface area contributed by atoms with Gasteiger partial charge in [-0.15, -0.1) is 0 Å². The normalized spacial score (nSPS) is 23.5. The SMILES string of the molecule is CC.CC.CO.CO.Cc1cc(NC(=O)CCc2ccc(OC3OC(CO)C(O)C(O)C3O)cc2)ccc1CCc1ccc(NC(=O)CCc2ccc(OC3OC(CO)C(O)C(O)C3O)cc2)cc1C. The lowest BCUT2D eigenvalue weighted by Crippen LogP contribution is -2.60. The van der Waals surface area contributed by atoms with E-state index in [4.69, 9.17) is 29.2 Å². The van der Waals surface area contributed by atoms with E-state index in [1.165, 1.54) is 0 Å². The molecule has 0 radical (unpaired) electrons.